The molecule has 2 N–H and O–H groups in total. The number of aryl methyl sites for hydroxylation is 2. The number of nitrogens with one attached hydrogen (secondary N) is 2. The topological polar surface area (TPSA) is 76.0 Å². The quantitative estimate of drug-likeness (QED) is 0.357. The minimum Gasteiger partial charge on any atom is -0.350 e. The van der Waals surface area contributed by atoms with Crippen LogP contribution in [0, 0.1) is 19.7 Å². The Balaban J connectivity index is 1.42. The number of halogens is 1. The maximum atomic E-state index is 13.1. The van der Waals surface area contributed by atoms with E-state index in [9.17, 15) is 14.0 Å². The van der Waals surface area contributed by atoms with Crippen LogP contribution in [0.4, 0.5) is 10.1 Å². The number of nitrogens with zero attached hydrogens (tertiary/aromatic N) is 2. The lowest BCUT2D eigenvalue weighted by molar-refractivity contribution is -0.121. The molecule has 0 aliphatic carbocycles. The molecule has 174 valence electrons. The van der Waals surface area contributed by atoms with Crippen molar-refractivity contribution in [2.45, 2.75) is 32.1 Å². The largest absolute Gasteiger partial charge is 0.350 e. The van der Waals surface area contributed by atoms with Crippen LogP contribution in [-0.4, -0.2) is 27.1 Å². The summed E-state index contributed by atoms with van der Waals surface area (Å²) in [5.74, 6) is -0.502. The van der Waals surface area contributed by atoms with Crippen molar-refractivity contribution in [3.05, 3.63) is 89.2 Å². The zero-order chi connectivity index (χ0) is 24.1. The molecule has 4 rings (SSSR count). The Kier molecular flexibility index (Phi) is 7.27. The normalized spacial score (nSPS) is 10.9. The molecular weight excluding hydrogens is 451 g/mol. The highest BCUT2D eigenvalue weighted by Crippen LogP contribution is 2.24. The van der Waals surface area contributed by atoms with Crippen LogP contribution in [0.15, 0.2) is 71.9 Å². The fourth-order valence-electron chi connectivity index (χ4n) is 3.47. The number of fused-ring (bicyclic) bond motifs is 1. The van der Waals surface area contributed by atoms with Gasteiger partial charge in [0.25, 0.3) is 0 Å². The van der Waals surface area contributed by atoms with E-state index < -0.39 is 0 Å². The van der Waals surface area contributed by atoms with E-state index >= 15 is 0 Å². The number of carbonyl (C=O) groups is 2. The van der Waals surface area contributed by atoms with Crippen molar-refractivity contribution < 1.29 is 14.0 Å². The Labute approximate surface area is 201 Å². The Morgan fingerprint density at radius 3 is 2.50 bits per heavy atom. The van der Waals surface area contributed by atoms with Gasteiger partial charge in [-0.05, 0) is 66.9 Å². The van der Waals surface area contributed by atoms with Crippen molar-refractivity contribution >= 4 is 40.3 Å². The number of imidazole rings is 1. The van der Waals surface area contributed by atoms with E-state index in [0.717, 1.165) is 27.8 Å². The molecule has 1 heterocycles. The number of carbonyl (C=O) groups excluding carboxylic acids is 2. The molecule has 4 aromatic rings. The molecular formula is C26H25FN4O2S. The molecule has 0 spiro atoms. The first-order valence-electron chi connectivity index (χ1n) is 10.9. The molecule has 34 heavy (non-hydrogen) atoms. The van der Waals surface area contributed by atoms with Gasteiger partial charge in [-0.3, -0.25) is 9.59 Å². The third-order valence-electron chi connectivity index (χ3n) is 5.45. The third kappa shape index (κ3) is 5.82. The molecule has 2 amide bonds. The van der Waals surface area contributed by atoms with E-state index in [1.54, 1.807) is 12.1 Å². The van der Waals surface area contributed by atoms with Crippen LogP contribution in [0.25, 0.3) is 11.0 Å². The second kappa shape index (κ2) is 10.5. The first-order chi connectivity index (χ1) is 16.4. The Bertz CT molecular complexity index is 1330. The Hall–Kier alpha value is -3.65. The molecule has 0 fully saturated rings. The van der Waals surface area contributed by atoms with Gasteiger partial charge in [-0.15, -0.1) is 0 Å². The molecule has 0 aliphatic heterocycles. The highest BCUT2D eigenvalue weighted by atomic mass is 32.2. The maximum Gasteiger partial charge on any atom is 0.240 e. The molecule has 0 saturated heterocycles. The molecule has 0 unspecified atom stereocenters. The minimum absolute atomic E-state index is 0.0584. The van der Waals surface area contributed by atoms with Crippen LogP contribution in [0.1, 0.15) is 16.7 Å². The van der Waals surface area contributed by atoms with Gasteiger partial charge in [0.15, 0.2) is 5.16 Å². The molecule has 0 bridgehead atoms. The number of benzene rings is 3. The Morgan fingerprint density at radius 1 is 0.971 bits per heavy atom. The van der Waals surface area contributed by atoms with Crippen molar-refractivity contribution in [3.63, 3.8) is 0 Å². The number of hydrogen-bond acceptors (Lipinski definition) is 4. The molecule has 8 heteroatoms. The van der Waals surface area contributed by atoms with Gasteiger partial charge in [-0.2, -0.15) is 0 Å². The summed E-state index contributed by atoms with van der Waals surface area (Å²) in [6.45, 7) is 4.38. The van der Waals surface area contributed by atoms with Crippen LogP contribution in [0.2, 0.25) is 0 Å². The summed E-state index contributed by atoms with van der Waals surface area (Å²) in [5, 5.41) is 6.36. The molecule has 0 aliphatic rings. The average molecular weight is 477 g/mol. The van der Waals surface area contributed by atoms with Crippen LogP contribution in [0.5, 0.6) is 0 Å². The van der Waals surface area contributed by atoms with Crippen LogP contribution in [-0.2, 0) is 22.7 Å². The van der Waals surface area contributed by atoms with Crippen molar-refractivity contribution in [3.8, 4) is 0 Å². The standard InChI is InChI=1S/C26H25FN4O2S/c1-17-7-12-21(13-18(17)2)29-25(33)16-34-26-30-22-5-3-4-6-23(22)31(26)15-24(32)28-14-19-8-10-20(27)11-9-19/h3-13H,14-16H2,1-2H3,(H,28,32)(H,29,33). The number of thioether (sulfide) groups is 1. The van der Waals surface area contributed by atoms with Gasteiger partial charge in [-0.25, -0.2) is 9.37 Å². The summed E-state index contributed by atoms with van der Waals surface area (Å²) in [5.41, 5.74) is 5.41. The lowest BCUT2D eigenvalue weighted by atomic mass is 10.1. The smallest absolute Gasteiger partial charge is 0.240 e. The third-order valence-corrected chi connectivity index (χ3v) is 6.42. The summed E-state index contributed by atoms with van der Waals surface area (Å²) in [4.78, 5) is 29.8. The van der Waals surface area contributed by atoms with Gasteiger partial charge in [0.05, 0.1) is 16.8 Å². The first kappa shape index (κ1) is 23.5. The Morgan fingerprint density at radius 2 is 1.74 bits per heavy atom. The second-order valence-electron chi connectivity index (χ2n) is 8.01. The van der Waals surface area contributed by atoms with Gasteiger partial charge in [-0.1, -0.05) is 42.1 Å². The number of rotatable bonds is 8. The molecule has 6 nitrogen and oxygen atoms in total. The average Bonchev–Trinajstić information content (AvgIpc) is 3.17. The SMILES string of the molecule is Cc1ccc(NC(=O)CSc2nc3ccccc3n2CC(=O)NCc2ccc(F)cc2)cc1C. The predicted octanol–water partition coefficient (Wildman–Crippen LogP) is 4.84. The van der Waals surface area contributed by atoms with E-state index in [0.29, 0.717) is 11.7 Å². The minimum atomic E-state index is -0.317. The number of amides is 2. The summed E-state index contributed by atoms with van der Waals surface area (Å²) >= 11 is 1.28. The highest BCUT2D eigenvalue weighted by molar-refractivity contribution is 7.99. The first-order valence-corrected chi connectivity index (χ1v) is 11.8. The number of para-hydroxylation sites is 2. The van der Waals surface area contributed by atoms with Gasteiger partial charge in [0, 0.05) is 12.2 Å². The van der Waals surface area contributed by atoms with E-state index in [1.165, 1.54) is 29.5 Å². The van der Waals surface area contributed by atoms with Gasteiger partial charge in [0.1, 0.15) is 12.4 Å². The maximum absolute atomic E-state index is 13.1. The van der Waals surface area contributed by atoms with Crippen molar-refractivity contribution in [1.29, 1.82) is 0 Å². The van der Waals surface area contributed by atoms with Crippen LogP contribution >= 0.6 is 11.8 Å². The lowest BCUT2D eigenvalue weighted by Crippen LogP contribution is -2.27. The van der Waals surface area contributed by atoms with Crippen LogP contribution in [0.3, 0.4) is 0 Å². The van der Waals surface area contributed by atoms with Crippen molar-refractivity contribution in [2.24, 2.45) is 0 Å². The van der Waals surface area contributed by atoms with Gasteiger partial charge in [0.2, 0.25) is 11.8 Å². The van der Waals surface area contributed by atoms with Gasteiger partial charge >= 0.3 is 0 Å². The molecule has 0 radical (unpaired) electrons. The van der Waals surface area contributed by atoms with Gasteiger partial charge < -0.3 is 15.2 Å². The van der Waals surface area contributed by atoms with Crippen LogP contribution < -0.4 is 10.6 Å². The van der Waals surface area contributed by atoms with E-state index in [2.05, 4.69) is 15.6 Å². The molecule has 1 aromatic heterocycles. The molecule has 3 aromatic carbocycles. The zero-order valence-corrected chi connectivity index (χ0v) is 19.8. The van der Waals surface area contributed by atoms with E-state index in [-0.39, 0.29) is 29.9 Å². The number of aromatic nitrogens is 2. The predicted molar refractivity (Wildman–Crippen MR) is 133 cm³/mol. The second-order valence-corrected chi connectivity index (χ2v) is 8.95. The van der Waals surface area contributed by atoms with Crippen molar-refractivity contribution in [1.82, 2.24) is 14.9 Å². The lowest BCUT2D eigenvalue weighted by Gasteiger charge is -2.11. The summed E-state index contributed by atoms with van der Waals surface area (Å²) in [6.07, 6.45) is 0. The van der Waals surface area contributed by atoms with E-state index in [4.69, 9.17) is 0 Å². The molecule has 0 atom stereocenters. The van der Waals surface area contributed by atoms with Crippen molar-refractivity contribution in [2.75, 3.05) is 11.1 Å². The highest BCUT2D eigenvalue weighted by Gasteiger charge is 2.16. The molecule has 0 saturated carbocycles. The monoisotopic (exact) mass is 476 g/mol. The summed E-state index contributed by atoms with van der Waals surface area (Å²) < 4.78 is 14.9. The van der Waals surface area contributed by atoms with E-state index in [1.807, 2.05) is 60.9 Å². The number of anilines is 1. The zero-order valence-electron chi connectivity index (χ0n) is 19.0. The fourth-order valence-corrected chi connectivity index (χ4v) is 4.28. The number of hydrogen-bond donors (Lipinski definition) is 2. The fraction of sp³-hybridized carbons (Fsp3) is 0.192. The summed E-state index contributed by atoms with van der Waals surface area (Å²) in [6, 6.07) is 19.3. The summed E-state index contributed by atoms with van der Waals surface area (Å²) in [7, 11) is 0.